The first-order valence-electron chi connectivity index (χ1n) is 3.61. The van der Waals surface area contributed by atoms with E-state index in [9.17, 15) is 0 Å². The summed E-state index contributed by atoms with van der Waals surface area (Å²) in [5.41, 5.74) is 5.21. The van der Waals surface area contributed by atoms with Gasteiger partial charge in [-0.2, -0.15) is 0 Å². The van der Waals surface area contributed by atoms with Crippen molar-refractivity contribution in [2.75, 3.05) is 39.5 Å². The topological polar surface area (TPSA) is 56.5 Å². The Balaban J connectivity index is 2.69. The molecule has 0 radical (unpaired) electrons. The molecule has 0 bridgehead atoms. The molecule has 0 aliphatic rings. The van der Waals surface area contributed by atoms with Crippen LogP contribution in [0.4, 0.5) is 0 Å². The van der Waals surface area contributed by atoms with Gasteiger partial charge >= 0.3 is 0 Å². The summed E-state index contributed by atoms with van der Waals surface area (Å²) in [5, 5.41) is 0. The zero-order chi connectivity index (χ0) is 8.36. The van der Waals surface area contributed by atoms with Gasteiger partial charge in [0.2, 0.25) is 0 Å². The van der Waals surface area contributed by atoms with Crippen molar-refractivity contribution in [1.82, 2.24) is 3.53 Å². The van der Waals surface area contributed by atoms with Crippen LogP contribution in [0.5, 0.6) is 0 Å². The molecule has 0 spiro atoms. The van der Waals surface area contributed by atoms with Crippen LogP contribution in [0, 0.1) is 0 Å². The molecular formula is C6H15IN2O2. The van der Waals surface area contributed by atoms with Crippen LogP contribution in [-0.4, -0.2) is 39.5 Å². The van der Waals surface area contributed by atoms with E-state index in [1.54, 1.807) is 0 Å². The van der Waals surface area contributed by atoms with Crippen molar-refractivity contribution in [2.45, 2.75) is 0 Å². The Morgan fingerprint density at radius 2 is 1.73 bits per heavy atom. The van der Waals surface area contributed by atoms with Crippen molar-refractivity contribution in [3.05, 3.63) is 0 Å². The molecule has 5 heteroatoms. The van der Waals surface area contributed by atoms with Crippen LogP contribution in [0.25, 0.3) is 0 Å². The average molecular weight is 274 g/mol. The molecule has 3 N–H and O–H groups in total. The molecule has 4 nitrogen and oxygen atoms in total. The molecule has 0 atom stereocenters. The first-order chi connectivity index (χ1) is 5.41. The van der Waals surface area contributed by atoms with Gasteiger partial charge in [-0.1, -0.05) is 0 Å². The van der Waals surface area contributed by atoms with Gasteiger partial charge in [-0.05, 0) is 0 Å². The largest absolute Gasteiger partial charge is 0.378 e. The van der Waals surface area contributed by atoms with Crippen molar-refractivity contribution in [3.8, 4) is 0 Å². The second kappa shape index (κ2) is 10.6. The maximum atomic E-state index is 5.21. The lowest BCUT2D eigenvalue weighted by Crippen LogP contribution is -2.14. The van der Waals surface area contributed by atoms with Gasteiger partial charge < -0.3 is 15.2 Å². The standard InChI is InChI=1S/C6H15IN2O2/c7-9-2-4-11-6-5-10-3-1-8/h9H,1-6,8H2. The van der Waals surface area contributed by atoms with Crippen molar-refractivity contribution in [3.63, 3.8) is 0 Å². The lowest BCUT2D eigenvalue weighted by Gasteiger charge is -2.03. The summed E-state index contributed by atoms with van der Waals surface area (Å²) in [6.45, 7) is 4.09. The molecule has 0 amide bonds. The number of rotatable bonds is 8. The van der Waals surface area contributed by atoms with Gasteiger partial charge in [0.05, 0.1) is 26.4 Å². The summed E-state index contributed by atoms with van der Waals surface area (Å²) in [4.78, 5) is 0. The maximum absolute atomic E-state index is 5.21. The third-order valence-electron chi connectivity index (χ3n) is 0.975. The second-order valence-electron chi connectivity index (χ2n) is 1.90. The molecule has 68 valence electrons. The minimum absolute atomic E-state index is 0.579. The number of ether oxygens (including phenoxy) is 2. The van der Waals surface area contributed by atoms with E-state index >= 15 is 0 Å². The highest BCUT2D eigenvalue weighted by molar-refractivity contribution is 14.1. The highest BCUT2D eigenvalue weighted by atomic mass is 127. The molecule has 0 fully saturated rings. The molecule has 0 aliphatic heterocycles. The molecule has 0 aromatic rings. The first-order valence-corrected chi connectivity index (χ1v) is 4.68. The molecule has 0 aromatic carbocycles. The first kappa shape index (κ1) is 11.6. The van der Waals surface area contributed by atoms with Crippen molar-refractivity contribution >= 4 is 22.9 Å². The van der Waals surface area contributed by atoms with E-state index in [2.05, 4.69) is 26.4 Å². The Morgan fingerprint density at radius 3 is 2.27 bits per heavy atom. The van der Waals surface area contributed by atoms with Gasteiger partial charge in [-0.3, -0.25) is 3.53 Å². The summed E-state index contributed by atoms with van der Waals surface area (Å²) in [6, 6.07) is 0. The molecule has 0 aromatic heterocycles. The molecule has 0 unspecified atom stereocenters. The third-order valence-corrected chi connectivity index (χ3v) is 1.51. The maximum Gasteiger partial charge on any atom is 0.0701 e. The smallest absolute Gasteiger partial charge is 0.0701 e. The van der Waals surface area contributed by atoms with E-state index in [4.69, 9.17) is 15.2 Å². The molecule has 0 saturated carbocycles. The third kappa shape index (κ3) is 10.6. The van der Waals surface area contributed by atoms with Crippen LogP contribution in [-0.2, 0) is 9.47 Å². The normalized spacial score (nSPS) is 10.4. The fourth-order valence-electron chi connectivity index (χ4n) is 0.516. The number of nitrogens with one attached hydrogen (secondary N) is 1. The Hall–Kier alpha value is 0.570. The quantitative estimate of drug-likeness (QED) is 0.369. The molecule has 11 heavy (non-hydrogen) atoms. The van der Waals surface area contributed by atoms with E-state index in [0.29, 0.717) is 26.4 Å². The van der Waals surface area contributed by atoms with E-state index in [1.165, 1.54) is 0 Å². The number of halogens is 1. The van der Waals surface area contributed by atoms with Crippen LogP contribution in [0.2, 0.25) is 0 Å². The molecule has 0 heterocycles. The van der Waals surface area contributed by atoms with Crippen LogP contribution in [0.15, 0.2) is 0 Å². The number of nitrogens with two attached hydrogens (primary N) is 1. The van der Waals surface area contributed by atoms with Crippen molar-refractivity contribution in [2.24, 2.45) is 5.73 Å². The van der Waals surface area contributed by atoms with Gasteiger partial charge in [0.25, 0.3) is 0 Å². The van der Waals surface area contributed by atoms with E-state index in [1.807, 2.05) is 0 Å². The predicted octanol–water partition coefficient (Wildman–Crippen LogP) is -0.0821. The van der Waals surface area contributed by atoms with Gasteiger partial charge in [-0.25, -0.2) is 0 Å². The van der Waals surface area contributed by atoms with Crippen LogP contribution < -0.4 is 9.26 Å². The number of hydrogen-bond acceptors (Lipinski definition) is 4. The fraction of sp³-hybridized carbons (Fsp3) is 1.00. The summed E-state index contributed by atoms with van der Waals surface area (Å²) in [7, 11) is 0. The molecule has 0 aliphatic carbocycles. The Kier molecular flexibility index (Phi) is 11.1. The molecule has 0 saturated heterocycles. The van der Waals surface area contributed by atoms with Gasteiger partial charge in [0, 0.05) is 36.0 Å². The molecular weight excluding hydrogens is 259 g/mol. The average Bonchev–Trinajstić information content (AvgIpc) is 2.03. The van der Waals surface area contributed by atoms with Gasteiger partial charge in [0.15, 0.2) is 0 Å². The zero-order valence-electron chi connectivity index (χ0n) is 6.51. The highest BCUT2D eigenvalue weighted by Gasteiger charge is 1.87. The minimum Gasteiger partial charge on any atom is -0.378 e. The van der Waals surface area contributed by atoms with Crippen LogP contribution in [0.1, 0.15) is 0 Å². The summed E-state index contributed by atoms with van der Waals surface area (Å²) in [6.07, 6.45) is 0. The van der Waals surface area contributed by atoms with Crippen LogP contribution >= 0.6 is 22.9 Å². The van der Waals surface area contributed by atoms with E-state index < -0.39 is 0 Å². The fourth-order valence-corrected chi connectivity index (χ4v) is 0.736. The Bertz CT molecular complexity index is 67.6. The molecule has 0 rings (SSSR count). The lowest BCUT2D eigenvalue weighted by molar-refractivity contribution is 0.0534. The van der Waals surface area contributed by atoms with Crippen LogP contribution in [0.3, 0.4) is 0 Å². The van der Waals surface area contributed by atoms with Gasteiger partial charge in [0.1, 0.15) is 0 Å². The highest BCUT2D eigenvalue weighted by Crippen LogP contribution is 1.77. The Morgan fingerprint density at radius 1 is 1.09 bits per heavy atom. The Labute approximate surface area is 81.3 Å². The predicted molar refractivity (Wildman–Crippen MR) is 52.7 cm³/mol. The summed E-state index contributed by atoms with van der Waals surface area (Å²) < 4.78 is 13.2. The minimum atomic E-state index is 0.579. The monoisotopic (exact) mass is 274 g/mol. The summed E-state index contributed by atoms with van der Waals surface area (Å²) >= 11 is 2.08. The second-order valence-corrected chi connectivity index (χ2v) is 2.66. The van der Waals surface area contributed by atoms with Gasteiger partial charge in [-0.15, -0.1) is 0 Å². The lowest BCUT2D eigenvalue weighted by atomic mass is 10.7. The SMILES string of the molecule is NCCOCCOCCNI. The van der Waals surface area contributed by atoms with Crippen molar-refractivity contribution in [1.29, 1.82) is 0 Å². The van der Waals surface area contributed by atoms with E-state index in [-0.39, 0.29) is 0 Å². The van der Waals surface area contributed by atoms with E-state index in [0.717, 1.165) is 13.2 Å². The number of hydrogen-bond donors (Lipinski definition) is 2. The summed E-state index contributed by atoms with van der Waals surface area (Å²) in [5.74, 6) is 0. The van der Waals surface area contributed by atoms with Crippen molar-refractivity contribution < 1.29 is 9.47 Å². The zero-order valence-corrected chi connectivity index (χ0v) is 8.67.